The third-order valence-electron chi connectivity index (χ3n) is 5.72. The summed E-state index contributed by atoms with van der Waals surface area (Å²) in [6.45, 7) is 0.850. The van der Waals surface area contributed by atoms with Crippen LogP contribution >= 0.6 is 0 Å². The molecule has 0 bridgehead atoms. The number of nitrogens with two attached hydrogens (primary N) is 5. The Kier molecular flexibility index (Phi) is 13.2. The monoisotopic (exact) mass is 513 g/mol. The zero-order valence-electron chi connectivity index (χ0n) is 20.4. The lowest BCUT2D eigenvalue weighted by molar-refractivity contribution is -0.145. The predicted molar refractivity (Wildman–Crippen MR) is 131 cm³/mol. The van der Waals surface area contributed by atoms with E-state index in [9.17, 15) is 29.1 Å². The van der Waals surface area contributed by atoms with Crippen LogP contribution in [-0.4, -0.2) is 89.4 Å². The van der Waals surface area contributed by atoms with Crippen molar-refractivity contribution in [1.82, 2.24) is 15.5 Å². The van der Waals surface area contributed by atoms with E-state index in [1.165, 1.54) is 4.90 Å². The Hall–Kier alpha value is -3.46. The number of likely N-dealkylation sites (tertiary alicyclic amines) is 1. The summed E-state index contributed by atoms with van der Waals surface area (Å²) in [6.07, 6.45) is 2.26. The first-order chi connectivity index (χ1) is 17.0. The molecule has 1 fully saturated rings. The molecule has 4 amide bonds. The Morgan fingerprint density at radius 1 is 1.00 bits per heavy atom. The first-order valence-corrected chi connectivity index (χ1v) is 11.9. The highest BCUT2D eigenvalue weighted by atomic mass is 16.4. The fourth-order valence-corrected chi connectivity index (χ4v) is 3.87. The number of aliphatic imine (C=N–C) groups is 1. The van der Waals surface area contributed by atoms with Gasteiger partial charge in [0.25, 0.3) is 0 Å². The van der Waals surface area contributed by atoms with Crippen molar-refractivity contribution >= 4 is 35.6 Å². The van der Waals surface area contributed by atoms with Crippen molar-refractivity contribution in [3.63, 3.8) is 0 Å². The van der Waals surface area contributed by atoms with Gasteiger partial charge < -0.3 is 49.3 Å². The van der Waals surface area contributed by atoms with Gasteiger partial charge in [0.15, 0.2) is 5.96 Å². The summed E-state index contributed by atoms with van der Waals surface area (Å²) < 4.78 is 0. The second kappa shape index (κ2) is 15.5. The van der Waals surface area contributed by atoms with Crippen molar-refractivity contribution < 1.29 is 29.1 Å². The molecule has 0 spiro atoms. The second-order valence-corrected chi connectivity index (χ2v) is 8.66. The zero-order valence-corrected chi connectivity index (χ0v) is 20.4. The first kappa shape index (κ1) is 30.6. The van der Waals surface area contributed by atoms with Gasteiger partial charge in [0.1, 0.15) is 18.1 Å². The standard InChI is InChI=1S/C21H39N9O6/c22-8-2-1-5-14(20(35)36)29-18(33)15-7-4-10-30(15)19(34)13(6-3-9-27-21(25)26)28-17(32)12(23)11-16(24)31/h12-15H,1-11,22-23H2,(H2,24,31)(H,28,32)(H,29,33)(H,35,36)(H4,25,26,27). The number of rotatable bonds is 16. The number of nitrogens with zero attached hydrogens (tertiary/aromatic N) is 2. The molecule has 4 atom stereocenters. The highest BCUT2D eigenvalue weighted by molar-refractivity contribution is 5.95. The highest BCUT2D eigenvalue weighted by Crippen LogP contribution is 2.20. The van der Waals surface area contributed by atoms with Crippen molar-refractivity contribution in [2.24, 2.45) is 33.7 Å². The SMILES string of the molecule is NCCCCC(NC(=O)C1CCCN1C(=O)C(CCCN=C(N)N)NC(=O)C(N)CC(N)=O)C(=O)O. The fourth-order valence-electron chi connectivity index (χ4n) is 3.87. The summed E-state index contributed by atoms with van der Waals surface area (Å²) >= 11 is 0. The van der Waals surface area contributed by atoms with Crippen LogP contribution in [0.5, 0.6) is 0 Å². The van der Waals surface area contributed by atoms with Gasteiger partial charge in [0.2, 0.25) is 23.6 Å². The van der Waals surface area contributed by atoms with Gasteiger partial charge in [-0.25, -0.2) is 4.79 Å². The molecule has 0 aromatic carbocycles. The summed E-state index contributed by atoms with van der Waals surface area (Å²) in [5.74, 6) is -3.95. The lowest BCUT2D eigenvalue weighted by Crippen LogP contribution is -2.57. The van der Waals surface area contributed by atoms with Crippen molar-refractivity contribution in [1.29, 1.82) is 0 Å². The quantitative estimate of drug-likeness (QED) is 0.0570. The van der Waals surface area contributed by atoms with Crippen LogP contribution in [0.25, 0.3) is 0 Å². The molecule has 15 nitrogen and oxygen atoms in total. The van der Waals surface area contributed by atoms with E-state index in [-0.39, 0.29) is 31.9 Å². The van der Waals surface area contributed by atoms with E-state index < -0.39 is 60.2 Å². The van der Waals surface area contributed by atoms with Crippen molar-refractivity contribution in [2.45, 2.75) is 75.5 Å². The molecule has 0 aromatic rings. The van der Waals surface area contributed by atoms with Crippen LogP contribution in [0, 0.1) is 0 Å². The number of carboxylic acids is 1. The van der Waals surface area contributed by atoms with Gasteiger partial charge in [0.05, 0.1) is 12.5 Å². The van der Waals surface area contributed by atoms with Crippen LogP contribution in [-0.2, 0) is 24.0 Å². The molecule has 15 heteroatoms. The molecule has 1 aliphatic rings. The number of carbonyl (C=O) groups is 5. The van der Waals surface area contributed by atoms with Crippen LogP contribution in [0.2, 0.25) is 0 Å². The van der Waals surface area contributed by atoms with Crippen LogP contribution in [0.3, 0.4) is 0 Å². The average Bonchev–Trinajstić information content (AvgIpc) is 3.29. The summed E-state index contributed by atoms with van der Waals surface area (Å²) in [4.78, 5) is 66.6. The molecule has 1 rings (SSSR count). The van der Waals surface area contributed by atoms with Gasteiger partial charge in [-0.3, -0.25) is 24.2 Å². The number of nitrogens with one attached hydrogen (secondary N) is 2. The maximum Gasteiger partial charge on any atom is 0.326 e. The number of amides is 4. The Morgan fingerprint density at radius 3 is 2.25 bits per heavy atom. The van der Waals surface area contributed by atoms with E-state index in [4.69, 9.17) is 28.7 Å². The lowest BCUT2D eigenvalue weighted by Gasteiger charge is -2.30. The Balaban J connectivity index is 2.96. The first-order valence-electron chi connectivity index (χ1n) is 11.9. The van der Waals surface area contributed by atoms with Gasteiger partial charge in [-0.05, 0) is 51.5 Å². The molecule has 0 aliphatic carbocycles. The van der Waals surface area contributed by atoms with E-state index in [0.717, 1.165) is 0 Å². The number of carbonyl (C=O) groups excluding carboxylic acids is 4. The number of carboxylic acid groups (broad SMARTS) is 1. The number of hydrogen-bond acceptors (Lipinski definition) is 8. The summed E-state index contributed by atoms with van der Waals surface area (Å²) in [5, 5.41) is 14.5. The molecule has 36 heavy (non-hydrogen) atoms. The highest BCUT2D eigenvalue weighted by Gasteiger charge is 2.39. The largest absolute Gasteiger partial charge is 0.480 e. The van der Waals surface area contributed by atoms with Gasteiger partial charge in [-0.1, -0.05) is 0 Å². The van der Waals surface area contributed by atoms with E-state index in [0.29, 0.717) is 38.6 Å². The van der Waals surface area contributed by atoms with Crippen LogP contribution in [0.4, 0.5) is 0 Å². The lowest BCUT2D eigenvalue weighted by atomic mass is 10.1. The molecule has 1 saturated heterocycles. The van der Waals surface area contributed by atoms with Crippen LogP contribution < -0.4 is 39.3 Å². The minimum Gasteiger partial charge on any atom is -0.480 e. The number of unbranched alkanes of at least 4 members (excludes halogenated alkanes) is 1. The molecule has 1 heterocycles. The summed E-state index contributed by atoms with van der Waals surface area (Å²) in [7, 11) is 0. The number of primary amides is 1. The Bertz CT molecular complexity index is 818. The maximum absolute atomic E-state index is 13.4. The summed E-state index contributed by atoms with van der Waals surface area (Å²) in [6, 6.07) is -4.33. The zero-order chi connectivity index (χ0) is 27.3. The summed E-state index contributed by atoms with van der Waals surface area (Å²) in [5.41, 5.74) is 26.9. The number of guanidine groups is 1. The molecule has 0 aromatic heterocycles. The van der Waals surface area contributed by atoms with Crippen molar-refractivity contribution in [3.8, 4) is 0 Å². The topological polar surface area (TPSA) is 275 Å². The normalized spacial score (nSPS) is 17.5. The molecule has 0 saturated carbocycles. The predicted octanol–water partition coefficient (Wildman–Crippen LogP) is -3.58. The third-order valence-corrected chi connectivity index (χ3v) is 5.72. The van der Waals surface area contributed by atoms with Gasteiger partial charge >= 0.3 is 5.97 Å². The average molecular weight is 514 g/mol. The van der Waals surface area contributed by atoms with E-state index in [1.54, 1.807) is 0 Å². The van der Waals surface area contributed by atoms with Gasteiger partial charge in [-0.2, -0.15) is 0 Å². The molecule has 4 unspecified atom stereocenters. The fraction of sp³-hybridized carbons (Fsp3) is 0.714. The Labute approximate surface area is 209 Å². The maximum atomic E-state index is 13.4. The molecular formula is C21H39N9O6. The minimum atomic E-state index is -1.25. The Morgan fingerprint density at radius 2 is 1.67 bits per heavy atom. The number of hydrogen-bond donors (Lipinski definition) is 8. The molecule has 13 N–H and O–H groups in total. The van der Waals surface area contributed by atoms with Crippen molar-refractivity contribution in [3.05, 3.63) is 0 Å². The molecular weight excluding hydrogens is 474 g/mol. The van der Waals surface area contributed by atoms with Gasteiger partial charge in [-0.15, -0.1) is 0 Å². The second-order valence-electron chi connectivity index (χ2n) is 8.66. The van der Waals surface area contributed by atoms with Crippen LogP contribution in [0.15, 0.2) is 4.99 Å². The molecule has 0 radical (unpaired) electrons. The minimum absolute atomic E-state index is 0.124. The molecule has 1 aliphatic heterocycles. The van der Waals surface area contributed by atoms with E-state index >= 15 is 0 Å². The van der Waals surface area contributed by atoms with Gasteiger partial charge in [0, 0.05) is 13.1 Å². The van der Waals surface area contributed by atoms with Crippen molar-refractivity contribution in [2.75, 3.05) is 19.6 Å². The third kappa shape index (κ3) is 10.4. The smallest absolute Gasteiger partial charge is 0.326 e. The van der Waals surface area contributed by atoms with E-state index in [1.807, 2.05) is 0 Å². The van der Waals surface area contributed by atoms with Crippen LogP contribution in [0.1, 0.15) is 51.4 Å². The molecule has 204 valence electrons. The van der Waals surface area contributed by atoms with E-state index in [2.05, 4.69) is 15.6 Å². The number of aliphatic carboxylic acids is 1.